The lowest BCUT2D eigenvalue weighted by Crippen LogP contribution is -2.02. The molecular weight excluding hydrogens is 183 g/mol. The molecule has 1 unspecified atom stereocenters. The second kappa shape index (κ2) is 5.22. The van der Waals surface area contributed by atoms with Gasteiger partial charge in [0.15, 0.2) is 0 Å². The molecular formula is C6H15O3PS. The molecule has 0 rings (SSSR count). The Bertz CT molecular complexity index is 149. The summed E-state index contributed by atoms with van der Waals surface area (Å²) >= 11 is 4.71. The van der Waals surface area contributed by atoms with E-state index in [0.717, 1.165) is 6.42 Å². The minimum Gasteiger partial charge on any atom is -0.324 e. The van der Waals surface area contributed by atoms with Crippen LogP contribution in [0.15, 0.2) is 0 Å². The lowest BCUT2D eigenvalue weighted by molar-refractivity contribution is 0.162. The van der Waals surface area contributed by atoms with Gasteiger partial charge in [-0.3, -0.25) is 0 Å². The normalized spacial score (nSPS) is 16.8. The van der Waals surface area contributed by atoms with Gasteiger partial charge in [0.2, 0.25) is 0 Å². The van der Waals surface area contributed by atoms with Gasteiger partial charge in [-0.2, -0.15) is 0 Å². The summed E-state index contributed by atoms with van der Waals surface area (Å²) in [6.45, 7) is 3.10. The van der Waals surface area contributed by atoms with Crippen LogP contribution in [0, 0.1) is 0 Å². The molecule has 3 nitrogen and oxygen atoms in total. The van der Waals surface area contributed by atoms with Crippen molar-refractivity contribution in [2.24, 2.45) is 0 Å². The van der Waals surface area contributed by atoms with Crippen molar-refractivity contribution in [2.45, 2.75) is 33.3 Å². The van der Waals surface area contributed by atoms with E-state index in [-0.39, 0.29) is 6.10 Å². The van der Waals surface area contributed by atoms with Crippen LogP contribution in [0.4, 0.5) is 0 Å². The summed E-state index contributed by atoms with van der Waals surface area (Å²) in [6, 6.07) is 0. The first-order valence-electron chi connectivity index (χ1n) is 3.63. The zero-order valence-corrected chi connectivity index (χ0v) is 8.82. The molecule has 68 valence electrons. The third-order valence-electron chi connectivity index (χ3n) is 0.803. The molecule has 0 bridgehead atoms. The summed E-state index contributed by atoms with van der Waals surface area (Å²) < 4.78 is 9.95. The molecule has 11 heavy (non-hydrogen) atoms. The van der Waals surface area contributed by atoms with Crippen molar-refractivity contribution >= 4 is 18.5 Å². The highest BCUT2D eigenvalue weighted by Gasteiger charge is 2.15. The highest BCUT2D eigenvalue weighted by Crippen LogP contribution is 2.44. The molecule has 0 heterocycles. The molecule has 0 saturated carbocycles. The Morgan fingerprint density at radius 3 is 2.45 bits per heavy atom. The van der Waals surface area contributed by atoms with Crippen LogP contribution in [0.5, 0.6) is 0 Å². The molecule has 0 aliphatic heterocycles. The van der Waals surface area contributed by atoms with Gasteiger partial charge in [-0.25, -0.2) is 0 Å². The van der Waals surface area contributed by atoms with Gasteiger partial charge < -0.3 is 13.9 Å². The van der Waals surface area contributed by atoms with Crippen molar-refractivity contribution in [1.29, 1.82) is 0 Å². The van der Waals surface area contributed by atoms with Crippen LogP contribution in [0.2, 0.25) is 0 Å². The van der Waals surface area contributed by atoms with E-state index in [9.17, 15) is 4.89 Å². The SMILES string of the molecule is CCCOP(O)(=S)OC(C)C. The molecule has 0 spiro atoms. The molecule has 1 N–H and O–H groups in total. The quantitative estimate of drug-likeness (QED) is 0.686. The monoisotopic (exact) mass is 198 g/mol. The largest absolute Gasteiger partial charge is 0.324 e. The zero-order valence-electron chi connectivity index (χ0n) is 7.11. The number of hydrogen-bond donors (Lipinski definition) is 1. The third-order valence-corrected chi connectivity index (χ3v) is 2.57. The predicted octanol–water partition coefficient (Wildman–Crippen LogP) is 2.05. The Kier molecular flexibility index (Phi) is 5.48. The van der Waals surface area contributed by atoms with E-state index in [1.165, 1.54) is 0 Å². The Hall–Kier alpha value is 0.530. The Labute approximate surface area is 73.0 Å². The van der Waals surface area contributed by atoms with Gasteiger partial charge in [-0.15, -0.1) is 0 Å². The van der Waals surface area contributed by atoms with Crippen molar-refractivity contribution in [3.05, 3.63) is 0 Å². The van der Waals surface area contributed by atoms with Crippen LogP contribution >= 0.6 is 6.72 Å². The zero-order chi connectivity index (χ0) is 8.91. The summed E-state index contributed by atoms with van der Waals surface area (Å²) in [6.07, 6.45) is 0.753. The second-order valence-electron chi connectivity index (χ2n) is 2.46. The van der Waals surface area contributed by atoms with E-state index in [2.05, 4.69) is 0 Å². The maximum Gasteiger partial charge on any atom is 0.324 e. The molecule has 1 atom stereocenters. The molecule has 5 heteroatoms. The Morgan fingerprint density at radius 2 is 2.09 bits per heavy atom. The lowest BCUT2D eigenvalue weighted by Gasteiger charge is -2.17. The van der Waals surface area contributed by atoms with Crippen LogP contribution in [0.3, 0.4) is 0 Å². The first-order valence-corrected chi connectivity index (χ1v) is 6.22. The Morgan fingerprint density at radius 1 is 1.55 bits per heavy atom. The number of rotatable bonds is 5. The Balaban J connectivity index is 3.71. The second-order valence-corrected chi connectivity index (χ2v) is 5.25. The molecule has 0 aromatic rings. The molecule has 0 radical (unpaired) electrons. The van der Waals surface area contributed by atoms with Gasteiger partial charge in [-0.1, -0.05) is 6.92 Å². The first kappa shape index (κ1) is 11.5. The maximum absolute atomic E-state index is 9.30. The highest BCUT2D eigenvalue weighted by atomic mass is 32.5. The van der Waals surface area contributed by atoms with Crippen molar-refractivity contribution in [3.8, 4) is 0 Å². The predicted molar refractivity (Wildman–Crippen MR) is 49.0 cm³/mol. The van der Waals surface area contributed by atoms with Gasteiger partial charge in [-0.05, 0) is 32.1 Å². The average Bonchev–Trinajstić information content (AvgIpc) is 1.81. The van der Waals surface area contributed by atoms with E-state index in [0.29, 0.717) is 6.61 Å². The van der Waals surface area contributed by atoms with Crippen LogP contribution in [0.1, 0.15) is 27.2 Å². The van der Waals surface area contributed by atoms with Gasteiger partial charge in [0.1, 0.15) is 0 Å². The summed E-state index contributed by atoms with van der Waals surface area (Å²) in [4.78, 5) is 9.30. The summed E-state index contributed by atoms with van der Waals surface area (Å²) in [7, 11) is 0. The average molecular weight is 198 g/mol. The van der Waals surface area contributed by atoms with E-state index in [1.54, 1.807) is 0 Å². The van der Waals surface area contributed by atoms with Crippen molar-refractivity contribution in [2.75, 3.05) is 6.61 Å². The minimum atomic E-state index is -2.93. The fraction of sp³-hybridized carbons (Fsp3) is 1.00. The lowest BCUT2D eigenvalue weighted by atomic mass is 10.5. The summed E-state index contributed by atoms with van der Waals surface area (Å²) in [5.41, 5.74) is 0. The van der Waals surface area contributed by atoms with Crippen LogP contribution in [-0.4, -0.2) is 17.6 Å². The molecule has 0 aromatic heterocycles. The fourth-order valence-corrected chi connectivity index (χ4v) is 2.25. The smallest absolute Gasteiger partial charge is 0.324 e. The van der Waals surface area contributed by atoms with Crippen molar-refractivity contribution in [3.63, 3.8) is 0 Å². The van der Waals surface area contributed by atoms with Crippen molar-refractivity contribution in [1.82, 2.24) is 0 Å². The van der Waals surface area contributed by atoms with Gasteiger partial charge in [0.25, 0.3) is 0 Å². The van der Waals surface area contributed by atoms with E-state index in [1.807, 2.05) is 20.8 Å². The standard InChI is InChI=1S/C6H15O3PS/c1-4-5-8-10(7,11)9-6(2)3/h6H,4-5H2,1-3H3,(H,7,11). The van der Waals surface area contributed by atoms with Crippen LogP contribution < -0.4 is 0 Å². The first-order chi connectivity index (χ1) is 4.98. The van der Waals surface area contributed by atoms with Crippen LogP contribution in [-0.2, 0) is 20.9 Å². The minimum absolute atomic E-state index is 0.0808. The molecule has 0 aliphatic carbocycles. The van der Waals surface area contributed by atoms with Gasteiger partial charge in [0.05, 0.1) is 12.7 Å². The summed E-state index contributed by atoms with van der Waals surface area (Å²) in [5.74, 6) is 0. The van der Waals surface area contributed by atoms with E-state index >= 15 is 0 Å². The molecule has 0 fully saturated rings. The third kappa shape index (κ3) is 6.91. The fourth-order valence-electron chi connectivity index (χ4n) is 0.503. The van der Waals surface area contributed by atoms with Crippen LogP contribution in [0.25, 0.3) is 0 Å². The molecule has 0 saturated heterocycles. The number of hydrogen-bond acceptors (Lipinski definition) is 3. The highest BCUT2D eigenvalue weighted by molar-refractivity contribution is 8.07. The van der Waals surface area contributed by atoms with E-state index in [4.69, 9.17) is 20.9 Å². The topological polar surface area (TPSA) is 38.7 Å². The van der Waals surface area contributed by atoms with E-state index < -0.39 is 6.72 Å². The molecule has 0 amide bonds. The van der Waals surface area contributed by atoms with Gasteiger partial charge in [0, 0.05) is 0 Å². The summed E-state index contributed by atoms with van der Waals surface area (Å²) in [5, 5.41) is 0. The maximum atomic E-state index is 9.30. The van der Waals surface area contributed by atoms with Gasteiger partial charge >= 0.3 is 6.72 Å². The molecule has 0 aliphatic rings. The van der Waals surface area contributed by atoms with Crippen molar-refractivity contribution < 1.29 is 13.9 Å². The molecule has 0 aromatic carbocycles.